The van der Waals surface area contributed by atoms with Crippen molar-refractivity contribution in [1.82, 2.24) is 20.1 Å². The van der Waals surface area contributed by atoms with Gasteiger partial charge in [0, 0.05) is 70.1 Å². The predicted molar refractivity (Wildman–Crippen MR) is 112 cm³/mol. The van der Waals surface area contributed by atoms with Crippen molar-refractivity contribution in [2.24, 2.45) is 4.99 Å². The maximum absolute atomic E-state index is 4.58. The Balaban J connectivity index is 1.57. The van der Waals surface area contributed by atoms with Crippen molar-refractivity contribution < 1.29 is 0 Å². The van der Waals surface area contributed by atoms with Crippen LogP contribution in [0.25, 0.3) is 0 Å². The molecule has 1 aromatic heterocycles. The fraction of sp³-hybridized carbons (Fsp3) is 0.684. The summed E-state index contributed by atoms with van der Waals surface area (Å²) in [6.45, 7) is 9.51. The van der Waals surface area contributed by atoms with Crippen LogP contribution >= 0.6 is 11.8 Å². The topological polar surface area (TPSA) is 47.0 Å². The molecule has 0 radical (unpaired) electrons. The Kier molecular flexibility index (Phi) is 7.02. The molecule has 0 spiro atoms. The van der Waals surface area contributed by atoms with E-state index < -0.39 is 0 Å². The number of guanidine groups is 1. The lowest BCUT2D eigenvalue weighted by atomic mass is 10.2. The zero-order chi connectivity index (χ0) is 18.4. The van der Waals surface area contributed by atoms with Crippen LogP contribution in [0, 0.1) is 0 Å². The maximum Gasteiger partial charge on any atom is 0.193 e. The van der Waals surface area contributed by atoms with E-state index in [1.54, 1.807) is 0 Å². The van der Waals surface area contributed by atoms with Crippen LogP contribution in [-0.2, 0) is 6.54 Å². The van der Waals surface area contributed by atoms with E-state index in [1.807, 2.05) is 13.2 Å². The van der Waals surface area contributed by atoms with Crippen LogP contribution in [0.4, 0.5) is 5.82 Å². The van der Waals surface area contributed by atoms with Gasteiger partial charge in [0.1, 0.15) is 5.82 Å². The molecule has 0 saturated carbocycles. The summed E-state index contributed by atoms with van der Waals surface area (Å²) in [5, 5.41) is 4.26. The molecule has 0 aromatic carbocycles. The lowest BCUT2D eigenvalue weighted by Gasteiger charge is -2.34. The number of nitrogens with zero attached hydrogens (tertiary/aromatic N) is 5. The number of rotatable bonds is 4. The quantitative estimate of drug-likeness (QED) is 0.638. The number of anilines is 1. The van der Waals surface area contributed by atoms with Crippen molar-refractivity contribution in [3.8, 4) is 0 Å². The standard InChI is InChI=1S/C19H32N6S/c1-4-17-15-25(11-12-26-17)19(20-2)22-14-16-5-6-21-18(13-16)24-9-7-23(3)8-10-24/h5-6,13,17H,4,7-12,14-15H2,1-3H3,(H,20,22). The number of likely N-dealkylation sites (N-methyl/N-ethyl adjacent to an activating group) is 1. The summed E-state index contributed by atoms with van der Waals surface area (Å²) < 4.78 is 0. The third kappa shape index (κ3) is 5.04. The van der Waals surface area contributed by atoms with Gasteiger partial charge in [0.15, 0.2) is 5.96 Å². The third-order valence-corrected chi connectivity index (χ3v) is 6.57. The first-order chi connectivity index (χ1) is 12.7. The molecule has 1 unspecified atom stereocenters. The van der Waals surface area contributed by atoms with Crippen molar-refractivity contribution in [3.63, 3.8) is 0 Å². The first-order valence-corrected chi connectivity index (χ1v) is 10.7. The first kappa shape index (κ1) is 19.3. The number of pyridine rings is 1. The number of piperazine rings is 1. The Hall–Kier alpha value is -1.47. The largest absolute Gasteiger partial charge is 0.354 e. The molecule has 2 aliphatic rings. The SMILES string of the molecule is CCC1CN(C(=NC)NCc2ccnc(N3CCN(C)CC3)c2)CCS1. The predicted octanol–water partition coefficient (Wildman–Crippen LogP) is 1.74. The van der Waals surface area contributed by atoms with Gasteiger partial charge in [-0.3, -0.25) is 4.99 Å². The molecule has 26 heavy (non-hydrogen) atoms. The van der Waals surface area contributed by atoms with Gasteiger partial charge in [-0.15, -0.1) is 0 Å². The molecule has 1 atom stereocenters. The minimum atomic E-state index is 0.715. The molecule has 2 aliphatic heterocycles. The van der Waals surface area contributed by atoms with Gasteiger partial charge in [0.25, 0.3) is 0 Å². The number of aliphatic imine (C=N–C) groups is 1. The zero-order valence-electron chi connectivity index (χ0n) is 16.3. The molecule has 1 aromatic rings. The Labute approximate surface area is 162 Å². The molecule has 7 heteroatoms. The molecule has 0 amide bonds. The fourth-order valence-electron chi connectivity index (χ4n) is 3.45. The molecular formula is C19H32N6S. The van der Waals surface area contributed by atoms with Crippen LogP contribution in [-0.4, -0.2) is 85.1 Å². The van der Waals surface area contributed by atoms with Crippen LogP contribution < -0.4 is 10.2 Å². The van der Waals surface area contributed by atoms with Crippen molar-refractivity contribution >= 4 is 23.5 Å². The second-order valence-electron chi connectivity index (χ2n) is 7.06. The van der Waals surface area contributed by atoms with Gasteiger partial charge in [0.05, 0.1) is 0 Å². The van der Waals surface area contributed by atoms with E-state index in [0.29, 0.717) is 5.25 Å². The highest BCUT2D eigenvalue weighted by molar-refractivity contribution is 8.00. The second kappa shape index (κ2) is 9.46. The number of thioether (sulfide) groups is 1. The van der Waals surface area contributed by atoms with Gasteiger partial charge in [0.2, 0.25) is 0 Å². The second-order valence-corrected chi connectivity index (χ2v) is 8.47. The van der Waals surface area contributed by atoms with Crippen molar-refractivity contribution in [3.05, 3.63) is 23.9 Å². The van der Waals surface area contributed by atoms with Gasteiger partial charge in [-0.05, 0) is 31.2 Å². The Morgan fingerprint density at radius 3 is 2.85 bits per heavy atom. The van der Waals surface area contributed by atoms with Crippen molar-refractivity contribution in [2.75, 3.05) is 64.0 Å². The van der Waals surface area contributed by atoms with Crippen LogP contribution in [0.3, 0.4) is 0 Å². The van der Waals surface area contributed by atoms with E-state index in [4.69, 9.17) is 0 Å². The first-order valence-electron chi connectivity index (χ1n) is 9.65. The van der Waals surface area contributed by atoms with Crippen LogP contribution in [0.2, 0.25) is 0 Å². The molecule has 0 aliphatic carbocycles. The molecule has 2 saturated heterocycles. The summed E-state index contributed by atoms with van der Waals surface area (Å²) in [6, 6.07) is 4.31. The average Bonchev–Trinajstić information content (AvgIpc) is 2.69. The number of aromatic nitrogens is 1. The minimum Gasteiger partial charge on any atom is -0.354 e. The van der Waals surface area contributed by atoms with Crippen molar-refractivity contribution in [2.45, 2.75) is 25.1 Å². The fourth-order valence-corrected chi connectivity index (χ4v) is 4.63. The van der Waals surface area contributed by atoms with Crippen LogP contribution in [0.5, 0.6) is 0 Å². The highest BCUT2D eigenvalue weighted by Gasteiger charge is 2.21. The highest BCUT2D eigenvalue weighted by atomic mass is 32.2. The van der Waals surface area contributed by atoms with Gasteiger partial charge < -0.3 is 20.0 Å². The smallest absolute Gasteiger partial charge is 0.193 e. The lowest BCUT2D eigenvalue weighted by Crippen LogP contribution is -2.47. The van der Waals surface area contributed by atoms with Crippen LogP contribution in [0.15, 0.2) is 23.3 Å². The summed E-state index contributed by atoms with van der Waals surface area (Å²) in [6.07, 6.45) is 3.15. The monoisotopic (exact) mass is 376 g/mol. The van der Waals surface area contributed by atoms with Gasteiger partial charge in [-0.1, -0.05) is 6.92 Å². The van der Waals surface area contributed by atoms with E-state index in [2.05, 4.69) is 67.9 Å². The highest BCUT2D eigenvalue weighted by Crippen LogP contribution is 2.21. The van der Waals surface area contributed by atoms with E-state index in [1.165, 1.54) is 17.7 Å². The zero-order valence-corrected chi connectivity index (χ0v) is 17.1. The van der Waals surface area contributed by atoms with Gasteiger partial charge in [-0.2, -0.15) is 11.8 Å². The average molecular weight is 377 g/mol. The van der Waals surface area contributed by atoms with E-state index >= 15 is 0 Å². The number of hydrogen-bond acceptors (Lipinski definition) is 5. The molecule has 6 nitrogen and oxygen atoms in total. The molecule has 3 heterocycles. The molecule has 2 fully saturated rings. The molecule has 3 rings (SSSR count). The summed E-state index contributed by atoms with van der Waals surface area (Å²) in [4.78, 5) is 16.2. The molecule has 144 valence electrons. The Morgan fingerprint density at radius 2 is 2.12 bits per heavy atom. The molecular weight excluding hydrogens is 344 g/mol. The summed E-state index contributed by atoms with van der Waals surface area (Å²) >= 11 is 2.09. The molecule has 1 N–H and O–H groups in total. The Morgan fingerprint density at radius 1 is 1.31 bits per heavy atom. The van der Waals surface area contributed by atoms with E-state index in [9.17, 15) is 0 Å². The summed E-state index contributed by atoms with van der Waals surface area (Å²) in [5.41, 5.74) is 1.26. The third-order valence-electron chi connectivity index (χ3n) is 5.19. The summed E-state index contributed by atoms with van der Waals surface area (Å²) in [5.74, 6) is 3.29. The van der Waals surface area contributed by atoms with E-state index in [0.717, 1.165) is 57.6 Å². The lowest BCUT2D eigenvalue weighted by molar-refractivity contribution is 0.312. The normalized spacial score (nSPS) is 22.6. The number of nitrogens with one attached hydrogen (secondary N) is 1. The minimum absolute atomic E-state index is 0.715. The van der Waals surface area contributed by atoms with Gasteiger partial charge in [-0.25, -0.2) is 4.98 Å². The summed E-state index contributed by atoms with van der Waals surface area (Å²) in [7, 11) is 4.06. The van der Waals surface area contributed by atoms with E-state index in [-0.39, 0.29) is 0 Å². The Bertz CT molecular complexity index is 599. The van der Waals surface area contributed by atoms with Crippen molar-refractivity contribution in [1.29, 1.82) is 0 Å². The number of hydrogen-bond donors (Lipinski definition) is 1. The molecule has 0 bridgehead atoms. The maximum atomic E-state index is 4.58. The van der Waals surface area contributed by atoms with Gasteiger partial charge >= 0.3 is 0 Å². The van der Waals surface area contributed by atoms with Crippen LogP contribution in [0.1, 0.15) is 18.9 Å².